The molecule has 0 spiro atoms. The number of aliphatic hydroxyl groups is 1. The molecule has 0 amide bonds. The molecule has 1 atom stereocenters. The highest BCUT2D eigenvalue weighted by Gasteiger charge is 2.24. The summed E-state index contributed by atoms with van der Waals surface area (Å²) in [5, 5.41) is 13.6. The summed E-state index contributed by atoms with van der Waals surface area (Å²) in [7, 11) is 0. The zero-order valence-corrected chi connectivity index (χ0v) is 11.0. The van der Waals surface area contributed by atoms with Gasteiger partial charge >= 0.3 is 5.97 Å². The molecule has 1 unspecified atom stereocenters. The Morgan fingerprint density at radius 2 is 2.16 bits per heavy atom. The molecule has 7 heteroatoms. The predicted molar refractivity (Wildman–Crippen MR) is 67.9 cm³/mol. The molecular weight excluding hydrogens is 268 g/mol. The summed E-state index contributed by atoms with van der Waals surface area (Å²) in [5.41, 5.74) is -0.0183. The van der Waals surface area contributed by atoms with E-state index in [1.807, 2.05) is 6.07 Å². The van der Waals surface area contributed by atoms with Crippen molar-refractivity contribution in [2.45, 2.75) is 13.2 Å². The third-order valence-electron chi connectivity index (χ3n) is 2.20. The van der Waals surface area contributed by atoms with E-state index < -0.39 is 12.3 Å². The van der Waals surface area contributed by atoms with Crippen LogP contribution >= 0.6 is 11.5 Å². The van der Waals surface area contributed by atoms with Crippen molar-refractivity contribution in [2.24, 2.45) is 0 Å². The van der Waals surface area contributed by atoms with E-state index in [0.29, 0.717) is 5.75 Å². The minimum atomic E-state index is -1.30. The molecule has 0 saturated carbocycles. The number of aliphatic hydroxyl groups excluding tert-OH is 1. The minimum absolute atomic E-state index is 0.0183. The van der Waals surface area contributed by atoms with E-state index in [1.54, 1.807) is 31.2 Å². The number of esters is 1. The van der Waals surface area contributed by atoms with E-state index in [2.05, 4.69) is 9.59 Å². The van der Waals surface area contributed by atoms with Crippen LogP contribution in [-0.2, 0) is 4.74 Å². The maximum atomic E-state index is 11.6. The number of hydrogen-bond donors (Lipinski definition) is 1. The molecule has 0 aliphatic carbocycles. The van der Waals surface area contributed by atoms with Gasteiger partial charge in [-0.2, -0.15) is 0 Å². The Morgan fingerprint density at radius 3 is 2.84 bits per heavy atom. The van der Waals surface area contributed by atoms with E-state index >= 15 is 0 Å². The van der Waals surface area contributed by atoms with Crippen LogP contribution < -0.4 is 4.74 Å². The number of carbonyl (C=O) groups excluding carboxylic acids is 1. The van der Waals surface area contributed by atoms with Crippen molar-refractivity contribution in [3.05, 3.63) is 40.9 Å². The number of para-hydroxylation sites is 1. The van der Waals surface area contributed by atoms with Crippen molar-refractivity contribution in [1.29, 1.82) is 0 Å². The van der Waals surface area contributed by atoms with Crippen LogP contribution in [-0.4, -0.2) is 27.3 Å². The summed E-state index contributed by atoms with van der Waals surface area (Å²) < 4.78 is 13.8. The second-order valence-electron chi connectivity index (χ2n) is 3.49. The fourth-order valence-electron chi connectivity index (χ4n) is 1.38. The fourth-order valence-corrected chi connectivity index (χ4v) is 1.94. The van der Waals surface area contributed by atoms with E-state index in [4.69, 9.17) is 9.47 Å². The Kier molecular flexibility index (Phi) is 4.43. The first kappa shape index (κ1) is 13.4. The number of aromatic nitrogens is 2. The van der Waals surface area contributed by atoms with E-state index in [9.17, 15) is 9.90 Å². The Hall–Kier alpha value is -1.99. The number of rotatable bonds is 5. The number of nitrogens with zero attached hydrogens (tertiary/aromatic N) is 2. The third-order valence-corrected chi connectivity index (χ3v) is 2.95. The maximum absolute atomic E-state index is 11.6. The fraction of sp³-hybridized carbons (Fsp3) is 0.250. The summed E-state index contributed by atoms with van der Waals surface area (Å²) in [6.45, 7) is 1.92. The van der Waals surface area contributed by atoms with Crippen LogP contribution in [0.5, 0.6) is 5.75 Å². The van der Waals surface area contributed by atoms with Crippen molar-refractivity contribution in [3.8, 4) is 5.75 Å². The normalized spacial score (nSPS) is 11.9. The molecule has 1 heterocycles. The molecule has 0 aliphatic rings. The van der Waals surface area contributed by atoms with Gasteiger partial charge in [-0.1, -0.05) is 22.7 Å². The highest BCUT2D eigenvalue weighted by Crippen LogP contribution is 2.24. The van der Waals surface area contributed by atoms with Crippen molar-refractivity contribution in [1.82, 2.24) is 9.59 Å². The van der Waals surface area contributed by atoms with E-state index in [1.165, 1.54) is 0 Å². The molecule has 1 N–H and O–H groups in total. The molecular formula is C12H12N2O4S. The van der Waals surface area contributed by atoms with E-state index in [0.717, 1.165) is 11.5 Å². The second kappa shape index (κ2) is 6.26. The highest BCUT2D eigenvalue weighted by molar-refractivity contribution is 7.05. The largest absolute Gasteiger partial charge is 0.461 e. The Balaban J connectivity index is 2.13. The lowest BCUT2D eigenvalue weighted by atomic mass is 10.3. The summed E-state index contributed by atoms with van der Waals surface area (Å²) >= 11 is 0.894. The van der Waals surface area contributed by atoms with Crippen LogP contribution in [0, 0.1) is 0 Å². The molecule has 0 bridgehead atoms. The van der Waals surface area contributed by atoms with Gasteiger partial charge in [0.05, 0.1) is 6.61 Å². The van der Waals surface area contributed by atoms with Crippen molar-refractivity contribution in [2.75, 3.05) is 6.61 Å². The van der Waals surface area contributed by atoms with Crippen LogP contribution in [0.15, 0.2) is 30.3 Å². The van der Waals surface area contributed by atoms with Gasteiger partial charge in [0, 0.05) is 0 Å². The second-order valence-corrected chi connectivity index (χ2v) is 4.28. The van der Waals surface area contributed by atoms with Gasteiger partial charge in [-0.15, -0.1) is 5.10 Å². The molecule has 100 valence electrons. The van der Waals surface area contributed by atoms with Gasteiger partial charge in [-0.25, -0.2) is 4.79 Å². The predicted octanol–water partition coefficient (Wildman–Crippen LogP) is 1.78. The number of hydrogen-bond acceptors (Lipinski definition) is 7. The van der Waals surface area contributed by atoms with Gasteiger partial charge in [0.2, 0.25) is 6.29 Å². The summed E-state index contributed by atoms with van der Waals surface area (Å²) in [6.07, 6.45) is -1.30. The molecule has 1 aromatic heterocycles. The molecule has 2 rings (SSSR count). The minimum Gasteiger partial charge on any atom is -0.461 e. The Bertz CT molecular complexity index is 544. The Labute approximate surface area is 113 Å². The lowest BCUT2D eigenvalue weighted by Crippen LogP contribution is -2.13. The molecule has 0 fully saturated rings. The molecule has 6 nitrogen and oxygen atoms in total. The van der Waals surface area contributed by atoms with Gasteiger partial charge in [-0.05, 0) is 30.6 Å². The summed E-state index contributed by atoms with van der Waals surface area (Å²) in [4.78, 5) is 11.8. The Morgan fingerprint density at radius 1 is 1.42 bits per heavy atom. The quantitative estimate of drug-likeness (QED) is 0.664. The summed E-state index contributed by atoms with van der Waals surface area (Å²) in [5.74, 6) is -0.139. The monoisotopic (exact) mass is 280 g/mol. The smallest absolute Gasteiger partial charge is 0.360 e. The van der Waals surface area contributed by atoms with Gasteiger partial charge < -0.3 is 14.6 Å². The van der Waals surface area contributed by atoms with Crippen LogP contribution in [0.25, 0.3) is 0 Å². The van der Waals surface area contributed by atoms with Crippen LogP contribution in [0.1, 0.15) is 28.6 Å². The van der Waals surface area contributed by atoms with Crippen molar-refractivity contribution >= 4 is 17.5 Å². The number of benzene rings is 1. The molecule has 2 aromatic rings. The van der Waals surface area contributed by atoms with Gasteiger partial charge in [0.15, 0.2) is 5.69 Å². The standard InChI is InChI=1S/C12H12N2O4S/c1-2-17-11(15)9-10(19-14-13-9)12(16)18-8-6-4-3-5-7-8/h3-7,12,16H,2H2,1H3. The third kappa shape index (κ3) is 3.27. The average molecular weight is 280 g/mol. The van der Waals surface area contributed by atoms with Crippen LogP contribution in [0.2, 0.25) is 0 Å². The first-order valence-corrected chi connectivity index (χ1v) is 6.39. The van der Waals surface area contributed by atoms with Gasteiger partial charge in [0.25, 0.3) is 0 Å². The first-order chi connectivity index (χ1) is 9.22. The lowest BCUT2D eigenvalue weighted by molar-refractivity contribution is -0.0178. The zero-order valence-electron chi connectivity index (χ0n) is 10.1. The van der Waals surface area contributed by atoms with Gasteiger partial charge in [-0.3, -0.25) is 0 Å². The molecule has 0 aliphatic heterocycles. The molecule has 0 radical (unpaired) electrons. The molecule has 1 aromatic carbocycles. The SMILES string of the molecule is CCOC(=O)c1nnsc1C(O)Oc1ccccc1. The first-order valence-electron chi connectivity index (χ1n) is 5.61. The lowest BCUT2D eigenvalue weighted by Gasteiger charge is -2.11. The van der Waals surface area contributed by atoms with E-state index in [-0.39, 0.29) is 17.2 Å². The van der Waals surface area contributed by atoms with Crippen molar-refractivity contribution < 1.29 is 19.4 Å². The molecule has 0 saturated heterocycles. The van der Waals surface area contributed by atoms with Crippen molar-refractivity contribution in [3.63, 3.8) is 0 Å². The summed E-state index contributed by atoms with van der Waals surface area (Å²) in [6, 6.07) is 8.78. The number of ether oxygens (including phenoxy) is 2. The molecule has 19 heavy (non-hydrogen) atoms. The van der Waals surface area contributed by atoms with Crippen LogP contribution in [0.3, 0.4) is 0 Å². The zero-order chi connectivity index (χ0) is 13.7. The topological polar surface area (TPSA) is 81.5 Å². The van der Waals surface area contributed by atoms with Gasteiger partial charge in [0.1, 0.15) is 10.6 Å². The van der Waals surface area contributed by atoms with Crippen LogP contribution in [0.4, 0.5) is 0 Å². The highest BCUT2D eigenvalue weighted by atomic mass is 32.1. The maximum Gasteiger partial charge on any atom is 0.360 e. The number of carbonyl (C=O) groups is 1. The average Bonchev–Trinajstić information content (AvgIpc) is 2.89.